The third kappa shape index (κ3) is 3.11. The van der Waals surface area contributed by atoms with Gasteiger partial charge < -0.3 is 16.3 Å². The maximum Gasteiger partial charge on any atom is 0.225 e. The van der Waals surface area contributed by atoms with Crippen LogP contribution in [-0.2, 0) is 4.79 Å². The number of rotatable bonds is 4. The Morgan fingerprint density at radius 1 is 1.47 bits per heavy atom. The number of carbonyl (C=O) groups is 1. The molecule has 0 radical (unpaired) electrons. The van der Waals surface area contributed by atoms with Gasteiger partial charge >= 0.3 is 0 Å². The van der Waals surface area contributed by atoms with Crippen LogP contribution in [0.4, 0.5) is 0 Å². The van der Waals surface area contributed by atoms with Gasteiger partial charge in [0.1, 0.15) is 5.84 Å². The molecule has 0 spiro atoms. The molecule has 1 aliphatic rings. The third-order valence-electron chi connectivity index (χ3n) is 3.75. The minimum atomic E-state index is -0.528. The van der Waals surface area contributed by atoms with E-state index in [0.29, 0.717) is 6.54 Å². The second-order valence-electron chi connectivity index (χ2n) is 5.82. The molecule has 0 aromatic rings. The highest BCUT2D eigenvalue weighted by atomic mass is 16.4. The molecule has 1 aliphatic carbocycles. The number of oxime groups is 1. The molecule has 1 fully saturated rings. The first kappa shape index (κ1) is 13.8. The molecule has 1 saturated carbocycles. The van der Waals surface area contributed by atoms with Gasteiger partial charge in [0.2, 0.25) is 5.91 Å². The Labute approximate surface area is 102 Å². The zero-order chi connectivity index (χ0) is 13.1. The van der Waals surface area contributed by atoms with Gasteiger partial charge in [0.05, 0.1) is 0 Å². The second kappa shape index (κ2) is 4.94. The molecule has 5 nitrogen and oxygen atoms in total. The highest BCUT2D eigenvalue weighted by molar-refractivity contribution is 5.87. The fraction of sp³-hybridized carbons (Fsp3) is 0.833. The Morgan fingerprint density at radius 2 is 2.00 bits per heavy atom. The smallest absolute Gasteiger partial charge is 0.225 e. The Bertz CT molecular complexity index is 318. The van der Waals surface area contributed by atoms with Crippen molar-refractivity contribution in [3.63, 3.8) is 0 Å². The third-order valence-corrected chi connectivity index (χ3v) is 3.75. The van der Waals surface area contributed by atoms with Gasteiger partial charge in [-0.1, -0.05) is 38.8 Å². The fourth-order valence-corrected chi connectivity index (χ4v) is 2.12. The number of amides is 1. The van der Waals surface area contributed by atoms with Crippen LogP contribution < -0.4 is 11.1 Å². The minimum absolute atomic E-state index is 0.0776. The lowest BCUT2D eigenvalue weighted by molar-refractivity contribution is -0.130. The maximum absolute atomic E-state index is 12.1. The average molecular weight is 241 g/mol. The van der Waals surface area contributed by atoms with Crippen molar-refractivity contribution < 1.29 is 10.0 Å². The van der Waals surface area contributed by atoms with Crippen LogP contribution in [0, 0.1) is 10.8 Å². The maximum atomic E-state index is 12.1. The molecule has 1 amide bonds. The molecular formula is C12H23N3O2. The summed E-state index contributed by atoms with van der Waals surface area (Å²) in [4.78, 5) is 12.1. The number of nitrogens with two attached hydrogens (primary N) is 1. The van der Waals surface area contributed by atoms with Crippen molar-refractivity contribution in [3.05, 3.63) is 0 Å². The molecule has 17 heavy (non-hydrogen) atoms. The van der Waals surface area contributed by atoms with Crippen molar-refractivity contribution in [2.75, 3.05) is 6.54 Å². The lowest BCUT2D eigenvalue weighted by Gasteiger charge is -2.27. The lowest BCUT2D eigenvalue weighted by Crippen LogP contribution is -2.46. The summed E-state index contributed by atoms with van der Waals surface area (Å²) in [5.74, 6) is 0.211. The molecule has 0 atom stereocenters. The van der Waals surface area contributed by atoms with E-state index in [1.165, 1.54) is 0 Å². The van der Waals surface area contributed by atoms with Gasteiger partial charge in [0.15, 0.2) is 0 Å². The summed E-state index contributed by atoms with van der Waals surface area (Å²) < 4.78 is 0. The molecule has 0 unspecified atom stereocenters. The predicted octanol–water partition coefficient (Wildman–Crippen LogP) is 1.46. The summed E-state index contributed by atoms with van der Waals surface area (Å²) in [6, 6.07) is 0. The van der Waals surface area contributed by atoms with E-state index in [4.69, 9.17) is 10.9 Å². The Hall–Kier alpha value is -1.26. The van der Waals surface area contributed by atoms with E-state index in [1.54, 1.807) is 0 Å². The number of hydrogen-bond donors (Lipinski definition) is 3. The average Bonchev–Trinajstić information content (AvgIpc) is 2.73. The lowest BCUT2D eigenvalue weighted by atomic mass is 9.86. The monoisotopic (exact) mass is 241 g/mol. The first-order chi connectivity index (χ1) is 7.82. The van der Waals surface area contributed by atoms with Crippen molar-refractivity contribution in [2.45, 2.75) is 46.5 Å². The summed E-state index contributed by atoms with van der Waals surface area (Å²) in [6.45, 7) is 6.06. The van der Waals surface area contributed by atoms with Crippen LogP contribution in [0.5, 0.6) is 0 Å². The van der Waals surface area contributed by atoms with Gasteiger partial charge in [-0.05, 0) is 12.8 Å². The van der Waals surface area contributed by atoms with Gasteiger partial charge in [0.25, 0.3) is 0 Å². The fourth-order valence-electron chi connectivity index (χ4n) is 2.12. The van der Waals surface area contributed by atoms with Crippen LogP contribution >= 0.6 is 0 Å². The van der Waals surface area contributed by atoms with Gasteiger partial charge in [-0.25, -0.2) is 0 Å². The summed E-state index contributed by atoms with van der Waals surface area (Å²) >= 11 is 0. The number of nitrogens with zero attached hydrogens (tertiary/aromatic N) is 1. The molecule has 0 saturated heterocycles. The van der Waals surface area contributed by atoms with Crippen molar-refractivity contribution in [3.8, 4) is 0 Å². The van der Waals surface area contributed by atoms with Crippen LogP contribution in [0.15, 0.2) is 5.16 Å². The van der Waals surface area contributed by atoms with E-state index in [9.17, 15) is 4.79 Å². The quantitative estimate of drug-likeness (QED) is 0.301. The van der Waals surface area contributed by atoms with Gasteiger partial charge in [-0.2, -0.15) is 0 Å². The zero-order valence-electron chi connectivity index (χ0n) is 10.9. The number of hydrogen-bond acceptors (Lipinski definition) is 3. The highest BCUT2D eigenvalue weighted by Crippen LogP contribution is 2.37. The predicted molar refractivity (Wildman–Crippen MR) is 66.8 cm³/mol. The minimum Gasteiger partial charge on any atom is -0.409 e. The van der Waals surface area contributed by atoms with Crippen molar-refractivity contribution >= 4 is 11.7 Å². The molecule has 4 N–H and O–H groups in total. The summed E-state index contributed by atoms with van der Waals surface area (Å²) in [5.41, 5.74) is 4.81. The summed E-state index contributed by atoms with van der Waals surface area (Å²) in [5, 5.41) is 14.6. The zero-order valence-corrected chi connectivity index (χ0v) is 10.9. The number of carbonyl (C=O) groups excluding carboxylic acids is 1. The standard InChI is InChI=1S/C12H23N3O2/c1-11(2,9(13)15-17)8-14-10(16)12(3)6-4-5-7-12/h17H,4-8H2,1-3H3,(H2,13,15)(H,14,16). The van der Waals surface area contributed by atoms with Crippen LogP contribution in [0.25, 0.3) is 0 Å². The molecule has 0 bridgehead atoms. The van der Waals surface area contributed by atoms with E-state index in [2.05, 4.69) is 10.5 Å². The van der Waals surface area contributed by atoms with Gasteiger partial charge in [0, 0.05) is 17.4 Å². The van der Waals surface area contributed by atoms with E-state index in [1.807, 2.05) is 20.8 Å². The van der Waals surface area contributed by atoms with Crippen LogP contribution in [0.2, 0.25) is 0 Å². The normalized spacial score (nSPS) is 20.3. The molecule has 0 aromatic heterocycles. The topological polar surface area (TPSA) is 87.7 Å². The molecular weight excluding hydrogens is 218 g/mol. The highest BCUT2D eigenvalue weighted by Gasteiger charge is 2.37. The molecule has 1 rings (SSSR count). The van der Waals surface area contributed by atoms with E-state index in [-0.39, 0.29) is 17.2 Å². The van der Waals surface area contributed by atoms with Gasteiger partial charge in [-0.15, -0.1) is 0 Å². The van der Waals surface area contributed by atoms with E-state index >= 15 is 0 Å². The van der Waals surface area contributed by atoms with Gasteiger partial charge in [-0.3, -0.25) is 4.79 Å². The SMILES string of the molecule is CC(C)(CNC(=O)C1(C)CCCC1)C(N)=NO. The van der Waals surface area contributed by atoms with Crippen LogP contribution in [-0.4, -0.2) is 23.5 Å². The Morgan fingerprint density at radius 3 is 2.47 bits per heavy atom. The molecule has 5 heteroatoms. The first-order valence-corrected chi connectivity index (χ1v) is 6.08. The largest absolute Gasteiger partial charge is 0.409 e. The summed E-state index contributed by atoms with van der Waals surface area (Å²) in [7, 11) is 0. The summed E-state index contributed by atoms with van der Waals surface area (Å²) in [6.07, 6.45) is 4.13. The molecule has 0 aliphatic heterocycles. The van der Waals surface area contributed by atoms with Crippen LogP contribution in [0.3, 0.4) is 0 Å². The van der Waals surface area contributed by atoms with Crippen molar-refractivity contribution in [1.82, 2.24) is 5.32 Å². The molecule has 98 valence electrons. The number of amidine groups is 1. The molecule has 0 aromatic carbocycles. The Balaban J connectivity index is 2.53. The van der Waals surface area contributed by atoms with Crippen molar-refractivity contribution in [2.24, 2.45) is 21.7 Å². The Kier molecular flexibility index (Phi) is 4.01. The number of nitrogens with one attached hydrogen (secondary N) is 1. The van der Waals surface area contributed by atoms with E-state index in [0.717, 1.165) is 25.7 Å². The van der Waals surface area contributed by atoms with Crippen molar-refractivity contribution in [1.29, 1.82) is 0 Å². The van der Waals surface area contributed by atoms with Crippen LogP contribution in [0.1, 0.15) is 46.5 Å². The molecule has 0 heterocycles. The van der Waals surface area contributed by atoms with E-state index < -0.39 is 5.41 Å². The second-order valence-corrected chi connectivity index (χ2v) is 5.82. The first-order valence-electron chi connectivity index (χ1n) is 6.08.